The molecule has 0 fully saturated rings. The fourth-order valence-corrected chi connectivity index (χ4v) is 2.59. The van der Waals surface area contributed by atoms with Gasteiger partial charge in [-0.15, -0.1) is 0 Å². The minimum Gasteiger partial charge on any atom is -0.493 e. The SMILES string of the molecule is CCOc1ccc(C(=O)NNC(=O)Cc2ccc(F)c(Br)c2)cc1OC. The van der Waals surface area contributed by atoms with Crippen LogP contribution in [0.2, 0.25) is 0 Å². The zero-order valence-corrected chi connectivity index (χ0v) is 15.9. The normalized spacial score (nSPS) is 10.2. The summed E-state index contributed by atoms with van der Waals surface area (Å²) in [6.45, 7) is 2.31. The molecule has 2 N–H and O–H groups in total. The number of carbonyl (C=O) groups excluding carboxylic acids is 2. The molecular formula is C18H18BrFN2O4. The van der Waals surface area contributed by atoms with Gasteiger partial charge in [0.25, 0.3) is 5.91 Å². The van der Waals surface area contributed by atoms with Crippen LogP contribution >= 0.6 is 15.9 Å². The molecule has 6 nitrogen and oxygen atoms in total. The molecular weight excluding hydrogens is 407 g/mol. The molecule has 0 saturated carbocycles. The summed E-state index contributed by atoms with van der Waals surface area (Å²) in [5.74, 6) is -0.402. The highest BCUT2D eigenvalue weighted by atomic mass is 79.9. The largest absolute Gasteiger partial charge is 0.493 e. The van der Waals surface area contributed by atoms with Gasteiger partial charge in [0.05, 0.1) is 24.6 Å². The van der Waals surface area contributed by atoms with Crippen molar-refractivity contribution in [1.29, 1.82) is 0 Å². The van der Waals surface area contributed by atoms with E-state index in [0.717, 1.165) is 0 Å². The van der Waals surface area contributed by atoms with Gasteiger partial charge < -0.3 is 9.47 Å². The maximum absolute atomic E-state index is 13.2. The number of hydrogen-bond acceptors (Lipinski definition) is 4. The Morgan fingerprint density at radius 3 is 2.54 bits per heavy atom. The number of hydrogen-bond donors (Lipinski definition) is 2. The fraction of sp³-hybridized carbons (Fsp3) is 0.222. The molecule has 2 amide bonds. The number of benzene rings is 2. The van der Waals surface area contributed by atoms with Crippen LogP contribution in [0.15, 0.2) is 40.9 Å². The van der Waals surface area contributed by atoms with Crippen LogP contribution in [0.5, 0.6) is 11.5 Å². The van der Waals surface area contributed by atoms with Gasteiger partial charge >= 0.3 is 0 Å². The Hall–Kier alpha value is -2.61. The van der Waals surface area contributed by atoms with Crippen LogP contribution < -0.4 is 20.3 Å². The Morgan fingerprint density at radius 2 is 1.88 bits per heavy atom. The Labute approximate surface area is 158 Å². The molecule has 0 heterocycles. The Kier molecular flexibility index (Phi) is 6.97. The third kappa shape index (κ3) is 5.19. The van der Waals surface area contributed by atoms with Crippen LogP contribution in [-0.4, -0.2) is 25.5 Å². The summed E-state index contributed by atoms with van der Waals surface area (Å²) >= 11 is 3.06. The average molecular weight is 425 g/mol. The van der Waals surface area contributed by atoms with Crippen molar-refractivity contribution in [3.05, 3.63) is 57.8 Å². The standard InChI is InChI=1S/C18H18BrFN2O4/c1-3-26-15-7-5-12(10-16(15)25-2)18(24)22-21-17(23)9-11-4-6-14(20)13(19)8-11/h4-8,10H,3,9H2,1-2H3,(H,21,23)(H,22,24). The number of ether oxygens (including phenoxy) is 2. The van der Waals surface area contributed by atoms with Crippen LogP contribution in [0.3, 0.4) is 0 Å². The van der Waals surface area contributed by atoms with Gasteiger partial charge in [-0.1, -0.05) is 6.07 Å². The van der Waals surface area contributed by atoms with Crippen molar-refractivity contribution in [3.8, 4) is 11.5 Å². The zero-order valence-electron chi connectivity index (χ0n) is 14.3. The average Bonchev–Trinajstić information content (AvgIpc) is 2.63. The Morgan fingerprint density at radius 1 is 1.12 bits per heavy atom. The predicted molar refractivity (Wildman–Crippen MR) is 97.6 cm³/mol. The molecule has 0 spiro atoms. The van der Waals surface area contributed by atoms with Crippen LogP contribution in [0.25, 0.3) is 0 Å². The predicted octanol–water partition coefficient (Wildman–Crippen LogP) is 3.00. The van der Waals surface area contributed by atoms with Crippen molar-refractivity contribution in [2.45, 2.75) is 13.3 Å². The number of halogens is 2. The molecule has 0 radical (unpaired) electrons. The summed E-state index contributed by atoms with van der Waals surface area (Å²) in [6.07, 6.45) is -0.00818. The second-order valence-corrected chi connectivity index (χ2v) is 6.08. The van der Waals surface area contributed by atoms with E-state index in [1.807, 2.05) is 6.92 Å². The maximum Gasteiger partial charge on any atom is 0.269 e. The highest BCUT2D eigenvalue weighted by Crippen LogP contribution is 2.27. The lowest BCUT2D eigenvalue weighted by Gasteiger charge is -2.12. The molecule has 2 aromatic rings. The zero-order chi connectivity index (χ0) is 19.1. The highest BCUT2D eigenvalue weighted by Gasteiger charge is 2.12. The van der Waals surface area contributed by atoms with E-state index in [1.165, 1.54) is 31.4 Å². The number of methoxy groups -OCH3 is 1. The summed E-state index contributed by atoms with van der Waals surface area (Å²) < 4.78 is 24.0. The van der Waals surface area contributed by atoms with Crippen molar-refractivity contribution in [3.63, 3.8) is 0 Å². The van der Waals surface area contributed by atoms with Gasteiger partial charge in [0.1, 0.15) is 5.82 Å². The molecule has 0 aliphatic heterocycles. The van der Waals surface area contributed by atoms with Gasteiger partial charge in [-0.05, 0) is 58.7 Å². The number of rotatable bonds is 6. The summed E-state index contributed by atoms with van der Waals surface area (Å²) in [5, 5.41) is 0. The lowest BCUT2D eigenvalue weighted by Crippen LogP contribution is -2.42. The molecule has 8 heteroatoms. The number of hydrazine groups is 1. The van der Waals surface area contributed by atoms with E-state index >= 15 is 0 Å². The lowest BCUT2D eigenvalue weighted by molar-refractivity contribution is -0.121. The van der Waals surface area contributed by atoms with Crippen LogP contribution in [0.1, 0.15) is 22.8 Å². The third-order valence-corrected chi connectivity index (χ3v) is 4.00. The van der Waals surface area contributed by atoms with Crippen molar-refractivity contribution in [1.82, 2.24) is 10.9 Å². The first kappa shape index (κ1) is 19.7. The summed E-state index contributed by atoms with van der Waals surface area (Å²) in [6, 6.07) is 8.97. The fourth-order valence-electron chi connectivity index (χ4n) is 2.16. The molecule has 0 aromatic heterocycles. The molecule has 0 atom stereocenters. The van der Waals surface area contributed by atoms with E-state index < -0.39 is 17.6 Å². The first-order chi connectivity index (χ1) is 12.4. The molecule has 138 valence electrons. The van der Waals surface area contributed by atoms with Crippen LogP contribution in [0.4, 0.5) is 4.39 Å². The van der Waals surface area contributed by atoms with E-state index in [-0.39, 0.29) is 10.9 Å². The Bertz CT molecular complexity index is 814. The van der Waals surface area contributed by atoms with Crippen molar-refractivity contribution < 1.29 is 23.5 Å². The second-order valence-electron chi connectivity index (χ2n) is 5.23. The molecule has 0 unspecified atom stereocenters. The number of carbonyl (C=O) groups is 2. The van der Waals surface area contributed by atoms with Crippen LogP contribution in [0, 0.1) is 5.82 Å². The van der Waals surface area contributed by atoms with Gasteiger partial charge in [0.15, 0.2) is 11.5 Å². The maximum atomic E-state index is 13.2. The van der Waals surface area contributed by atoms with Crippen molar-refractivity contribution in [2.24, 2.45) is 0 Å². The number of nitrogens with one attached hydrogen (secondary N) is 2. The molecule has 0 aliphatic carbocycles. The van der Waals surface area contributed by atoms with E-state index in [2.05, 4.69) is 26.8 Å². The molecule has 2 rings (SSSR count). The first-order valence-electron chi connectivity index (χ1n) is 7.78. The van der Waals surface area contributed by atoms with Gasteiger partial charge in [-0.2, -0.15) is 0 Å². The van der Waals surface area contributed by atoms with E-state index in [9.17, 15) is 14.0 Å². The van der Waals surface area contributed by atoms with Crippen LogP contribution in [-0.2, 0) is 11.2 Å². The third-order valence-electron chi connectivity index (χ3n) is 3.39. The van der Waals surface area contributed by atoms with Crippen molar-refractivity contribution in [2.75, 3.05) is 13.7 Å². The van der Waals surface area contributed by atoms with E-state index in [1.54, 1.807) is 12.1 Å². The summed E-state index contributed by atoms with van der Waals surface area (Å²) in [4.78, 5) is 24.1. The topological polar surface area (TPSA) is 76.7 Å². The van der Waals surface area contributed by atoms with Gasteiger partial charge in [-0.25, -0.2) is 4.39 Å². The smallest absolute Gasteiger partial charge is 0.269 e. The molecule has 26 heavy (non-hydrogen) atoms. The summed E-state index contributed by atoms with van der Waals surface area (Å²) in [7, 11) is 1.47. The number of amides is 2. The monoisotopic (exact) mass is 424 g/mol. The highest BCUT2D eigenvalue weighted by molar-refractivity contribution is 9.10. The minimum absolute atomic E-state index is 0.00818. The minimum atomic E-state index is -0.500. The molecule has 2 aromatic carbocycles. The molecule has 0 bridgehead atoms. The van der Waals surface area contributed by atoms with E-state index in [0.29, 0.717) is 29.2 Å². The van der Waals surface area contributed by atoms with Gasteiger partial charge in [0, 0.05) is 5.56 Å². The summed E-state index contributed by atoms with van der Waals surface area (Å²) in [5.41, 5.74) is 5.55. The first-order valence-corrected chi connectivity index (χ1v) is 8.57. The second kappa shape index (κ2) is 9.19. The quantitative estimate of drug-likeness (QED) is 0.698. The lowest BCUT2D eigenvalue weighted by atomic mass is 10.1. The van der Waals surface area contributed by atoms with Gasteiger partial charge in [0.2, 0.25) is 5.91 Å². The molecule has 0 saturated heterocycles. The molecule has 0 aliphatic rings. The van der Waals surface area contributed by atoms with E-state index in [4.69, 9.17) is 9.47 Å². The van der Waals surface area contributed by atoms with Crippen molar-refractivity contribution >= 4 is 27.7 Å². The van der Waals surface area contributed by atoms with Gasteiger partial charge in [-0.3, -0.25) is 20.4 Å². The Balaban J connectivity index is 1.95.